The van der Waals surface area contributed by atoms with Crippen molar-refractivity contribution in [3.63, 3.8) is 0 Å². The van der Waals surface area contributed by atoms with E-state index in [0.717, 1.165) is 23.2 Å². The highest BCUT2D eigenvalue weighted by Gasteiger charge is 2.22. The second kappa shape index (κ2) is 9.21. The second-order valence-corrected chi connectivity index (χ2v) is 8.03. The van der Waals surface area contributed by atoms with Gasteiger partial charge in [0.05, 0.1) is 10.9 Å². The molecule has 1 amide bonds. The quantitative estimate of drug-likeness (QED) is 0.582. The van der Waals surface area contributed by atoms with Crippen LogP contribution in [0.25, 0.3) is 17.1 Å². The molecule has 6 nitrogen and oxygen atoms in total. The molecule has 1 N–H and O–H groups in total. The van der Waals surface area contributed by atoms with Crippen molar-refractivity contribution in [1.82, 2.24) is 25.1 Å². The number of benzene rings is 1. The molecule has 28 heavy (non-hydrogen) atoms. The topological polar surface area (TPSA) is 72.7 Å². The van der Waals surface area contributed by atoms with Crippen LogP contribution in [0.4, 0.5) is 0 Å². The number of thioether (sulfide) groups is 1. The molecule has 0 radical (unpaired) electrons. The number of nitrogens with one attached hydrogen (secondary N) is 1. The van der Waals surface area contributed by atoms with Gasteiger partial charge in [0.2, 0.25) is 5.91 Å². The number of nitrogens with zero attached hydrogens (tertiary/aromatic N) is 4. The maximum Gasteiger partial charge on any atom is 0.233 e. The van der Waals surface area contributed by atoms with E-state index in [2.05, 4.69) is 20.5 Å². The Bertz CT molecular complexity index is 960. The molecule has 0 saturated carbocycles. The van der Waals surface area contributed by atoms with Crippen LogP contribution in [-0.4, -0.2) is 37.5 Å². The lowest BCUT2D eigenvalue weighted by Crippen LogP contribution is -2.31. The zero-order valence-corrected chi connectivity index (χ0v) is 17.6. The molecule has 0 fully saturated rings. The van der Waals surface area contributed by atoms with Crippen molar-refractivity contribution in [3.8, 4) is 17.1 Å². The Morgan fingerprint density at radius 2 is 2.00 bits per heavy atom. The Labute approximate surface area is 173 Å². The number of carbonyl (C=O) groups is 1. The van der Waals surface area contributed by atoms with Crippen LogP contribution in [-0.2, 0) is 4.79 Å². The summed E-state index contributed by atoms with van der Waals surface area (Å²) in [5.41, 5.74) is 2.69. The van der Waals surface area contributed by atoms with Crippen molar-refractivity contribution >= 4 is 29.3 Å². The molecule has 8 heteroatoms. The van der Waals surface area contributed by atoms with Crippen LogP contribution in [0.5, 0.6) is 0 Å². The molecule has 0 aliphatic carbocycles. The summed E-state index contributed by atoms with van der Waals surface area (Å²) in [4.78, 5) is 16.4. The zero-order valence-electron chi connectivity index (χ0n) is 16.0. The monoisotopic (exact) mass is 415 g/mol. The van der Waals surface area contributed by atoms with Gasteiger partial charge in [-0.25, -0.2) is 0 Å². The Hall–Kier alpha value is -2.38. The van der Waals surface area contributed by atoms with E-state index in [1.807, 2.05) is 55.7 Å². The lowest BCUT2D eigenvalue weighted by Gasteiger charge is -2.16. The molecule has 146 valence electrons. The Balaban J connectivity index is 2.05. The number of carbonyl (C=O) groups excluding carboxylic acids is 1. The van der Waals surface area contributed by atoms with Gasteiger partial charge >= 0.3 is 0 Å². The average Bonchev–Trinajstić information content (AvgIpc) is 3.12. The molecule has 0 aliphatic heterocycles. The molecule has 0 spiro atoms. The molecule has 2 aromatic heterocycles. The normalized spacial score (nSPS) is 12.0. The fraction of sp³-hybridized carbons (Fsp3) is 0.300. The van der Waals surface area contributed by atoms with E-state index in [-0.39, 0.29) is 11.2 Å². The van der Waals surface area contributed by atoms with Crippen LogP contribution in [0, 0.1) is 6.92 Å². The number of hydrogen-bond acceptors (Lipinski definition) is 5. The third kappa shape index (κ3) is 4.36. The highest BCUT2D eigenvalue weighted by molar-refractivity contribution is 8.00. The van der Waals surface area contributed by atoms with E-state index in [4.69, 9.17) is 11.6 Å². The highest BCUT2D eigenvalue weighted by atomic mass is 35.5. The van der Waals surface area contributed by atoms with E-state index in [1.165, 1.54) is 11.8 Å². The zero-order chi connectivity index (χ0) is 20.1. The minimum Gasteiger partial charge on any atom is -0.355 e. The van der Waals surface area contributed by atoms with Crippen molar-refractivity contribution in [3.05, 3.63) is 53.3 Å². The van der Waals surface area contributed by atoms with Crippen molar-refractivity contribution < 1.29 is 4.79 Å². The van der Waals surface area contributed by atoms with Gasteiger partial charge in [0.15, 0.2) is 11.0 Å². The molecule has 0 aliphatic rings. The van der Waals surface area contributed by atoms with Crippen LogP contribution in [0.3, 0.4) is 0 Å². The van der Waals surface area contributed by atoms with Gasteiger partial charge in [0.25, 0.3) is 0 Å². The lowest BCUT2D eigenvalue weighted by molar-refractivity contribution is -0.120. The van der Waals surface area contributed by atoms with Gasteiger partial charge in [-0.05, 0) is 50.1 Å². The fourth-order valence-corrected chi connectivity index (χ4v) is 3.75. The summed E-state index contributed by atoms with van der Waals surface area (Å²) in [7, 11) is 0. The first-order valence-electron chi connectivity index (χ1n) is 9.08. The van der Waals surface area contributed by atoms with Crippen LogP contribution in [0.15, 0.2) is 47.9 Å². The number of amides is 1. The van der Waals surface area contributed by atoms with Gasteiger partial charge in [0.1, 0.15) is 0 Å². The summed E-state index contributed by atoms with van der Waals surface area (Å²) in [6.45, 7) is 6.51. The van der Waals surface area contributed by atoms with Gasteiger partial charge in [-0.15, -0.1) is 10.2 Å². The van der Waals surface area contributed by atoms with Gasteiger partial charge in [-0.3, -0.25) is 14.3 Å². The Morgan fingerprint density at radius 3 is 2.71 bits per heavy atom. The molecule has 1 atom stereocenters. The van der Waals surface area contributed by atoms with Crippen LogP contribution in [0.2, 0.25) is 5.02 Å². The molecule has 1 aromatic carbocycles. The number of pyridine rings is 1. The van der Waals surface area contributed by atoms with Crippen LogP contribution in [0.1, 0.15) is 25.8 Å². The Morgan fingerprint density at radius 1 is 1.25 bits per heavy atom. The maximum absolute atomic E-state index is 12.3. The molecule has 1 unspecified atom stereocenters. The third-order valence-corrected chi connectivity index (χ3v) is 5.70. The van der Waals surface area contributed by atoms with Crippen molar-refractivity contribution in [2.24, 2.45) is 0 Å². The lowest BCUT2D eigenvalue weighted by atomic mass is 10.2. The number of halogens is 1. The molecular formula is C20H22ClN5OS. The van der Waals surface area contributed by atoms with Gasteiger partial charge in [-0.2, -0.15) is 0 Å². The number of hydrogen-bond donors (Lipinski definition) is 1. The van der Waals surface area contributed by atoms with Crippen molar-refractivity contribution in [2.75, 3.05) is 6.54 Å². The minimum absolute atomic E-state index is 0.0188. The molecule has 0 saturated heterocycles. The predicted molar refractivity (Wildman–Crippen MR) is 113 cm³/mol. The summed E-state index contributed by atoms with van der Waals surface area (Å²) < 4.78 is 1.95. The van der Waals surface area contributed by atoms with E-state index in [9.17, 15) is 4.79 Å². The van der Waals surface area contributed by atoms with Crippen molar-refractivity contribution in [1.29, 1.82) is 0 Å². The number of aromatic nitrogens is 4. The largest absolute Gasteiger partial charge is 0.355 e. The van der Waals surface area contributed by atoms with Gasteiger partial charge < -0.3 is 5.32 Å². The van der Waals surface area contributed by atoms with Crippen molar-refractivity contribution in [2.45, 2.75) is 37.6 Å². The van der Waals surface area contributed by atoms with E-state index in [0.29, 0.717) is 22.5 Å². The first kappa shape index (κ1) is 20.4. The molecule has 3 rings (SSSR count). The average molecular weight is 416 g/mol. The summed E-state index contributed by atoms with van der Waals surface area (Å²) in [5.74, 6) is 0.658. The fourth-order valence-electron chi connectivity index (χ4n) is 2.69. The van der Waals surface area contributed by atoms with Gasteiger partial charge in [-0.1, -0.05) is 36.4 Å². The molecule has 2 heterocycles. The van der Waals surface area contributed by atoms with Gasteiger partial charge in [0, 0.05) is 29.5 Å². The first-order valence-corrected chi connectivity index (χ1v) is 10.3. The summed E-state index contributed by atoms with van der Waals surface area (Å²) in [6, 6.07) is 9.48. The Kier molecular flexibility index (Phi) is 6.70. The molecule has 0 bridgehead atoms. The smallest absolute Gasteiger partial charge is 0.233 e. The SMILES string of the molecule is CCCNC(=O)C(C)Sc1nnc(-c2ccncc2)n1-c1cccc(Cl)c1C. The molecule has 3 aromatic rings. The minimum atomic E-state index is -0.306. The standard InChI is InChI=1S/C20H22ClN5OS/c1-4-10-23-19(27)14(3)28-20-25-24-18(15-8-11-22-12-9-15)26(20)17-7-5-6-16(21)13(17)2/h5-9,11-12,14H,4,10H2,1-3H3,(H,23,27). The highest BCUT2D eigenvalue weighted by Crippen LogP contribution is 2.32. The first-order chi connectivity index (χ1) is 13.5. The second-order valence-electron chi connectivity index (χ2n) is 6.31. The van der Waals surface area contributed by atoms with Crippen LogP contribution >= 0.6 is 23.4 Å². The van der Waals surface area contributed by atoms with E-state index < -0.39 is 0 Å². The number of rotatable bonds is 7. The maximum atomic E-state index is 12.3. The summed E-state index contributed by atoms with van der Waals surface area (Å²) in [5, 5.41) is 12.7. The predicted octanol–water partition coefficient (Wildman–Crippen LogP) is 4.30. The molecular weight excluding hydrogens is 394 g/mol. The van der Waals surface area contributed by atoms with Crippen LogP contribution < -0.4 is 5.32 Å². The van der Waals surface area contributed by atoms with E-state index in [1.54, 1.807) is 12.4 Å². The summed E-state index contributed by atoms with van der Waals surface area (Å²) >= 11 is 7.73. The third-order valence-electron chi connectivity index (χ3n) is 4.25. The summed E-state index contributed by atoms with van der Waals surface area (Å²) in [6.07, 6.45) is 4.33. The van der Waals surface area contributed by atoms with E-state index >= 15 is 0 Å².